The van der Waals surface area contributed by atoms with E-state index < -0.39 is 36.2 Å². The Morgan fingerprint density at radius 3 is 1.28 bits per heavy atom. The molecule has 1 fully saturated rings. The number of aliphatic hydroxyl groups excluding tert-OH is 1. The van der Waals surface area contributed by atoms with E-state index in [1.54, 1.807) is 54.6 Å². The van der Waals surface area contributed by atoms with Gasteiger partial charge >= 0.3 is 18.9 Å². The molecule has 6 aromatic carbocycles. The molecule has 1 saturated heterocycles. The SMILES string of the molecule is C1CCOC1.CCCCCCOc1ccc(Br)cc1.CCCCCCOc1ccc(C(=O)c2ccc(Cl)c(S(N)(=O)=O)c2)cc1.CCCCCCOc1ccc(C(O)c2ccc(Cl)c(S(N)(=O)=O)c2)cc1.NS(=O)(=O)c1cc(C=O)ccc1Cl.[CH2-]CCC.[Li+]. The number of carbonyl (C=O) groups excluding carboxylic acids is 2. The molecule has 0 amide bonds. The Morgan fingerprint density at radius 2 is 0.899 bits per heavy atom. The Morgan fingerprint density at radius 1 is 0.539 bits per heavy atom. The van der Waals surface area contributed by atoms with Crippen LogP contribution in [0.4, 0.5) is 0 Å². The van der Waals surface area contributed by atoms with Gasteiger partial charge in [0.2, 0.25) is 30.1 Å². The average molecular weight is 1410 g/mol. The molecule has 1 atom stereocenters. The fourth-order valence-electron chi connectivity index (χ4n) is 7.59. The van der Waals surface area contributed by atoms with Crippen LogP contribution in [0.15, 0.2) is 147 Å². The smallest absolute Gasteiger partial charge is 0.494 e. The Balaban J connectivity index is 0.000000583. The van der Waals surface area contributed by atoms with Crippen LogP contribution in [0.25, 0.3) is 0 Å². The molecule has 7 rings (SSSR count). The van der Waals surface area contributed by atoms with Crippen molar-refractivity contribution in [2.75, 3.05) is 33.0 Å². The van der Waals surface area contributed by atoms with Crippen molar-refractivity contribution < 1.29 is 77.8 Å². The van der Waals surface area contributed by atoms with Crippen LogP contribution in [0.2, 0.25) is 15.1 Å². The molecule has 486 valence electrons. The standard InChI is InChI=1S/C19H24ClNO4S.C19H22ClNO4S.C12H17BrO.C7H6ClNO3S.C4H8O.C4H9.Li/c2*1-2-3-4-5-12-25-16-9-6-14(7-10-16)19(22)15-8-11-17(20)18(13-15)26(21,23)24;1-2-3-4-5-10-14-12-8-6-11(13)7-9-12;8-6-2-1-5(4-10)3-7(6)13(9,11)12;1-2-4-5-3-1;1-3-4-2;/h6-11,13,19,22H,2-5,12H2,1H3,(H2,21,23,24);6-11,13H,2-5,12H2,1H3,(H2,21,23,24);6-9H,2-5,10H2,1H3;1-4H,(H2,9,11,12);1-4H2;1,3-4H2,2H3;/q;;;;;-1;+1. The van der Waals surface area contributed by atoms with E-state index in [-0.39, 0.29) is 65.5 Å². The minimum Gasteiger partial charge on any atom is -0.494 e. The molecular weight excluding hydrogens is 1320 g/mol. The summed E-state index contributed by atoms with van der Waals surface area (Å²) >= 11 is 20.7. The number of rotatable bonds is 27. The van der Waals surface area contributed by atoms with Gasteiger partial charge in [-0.1, -0.05) is 167 Å². The molecule has 1 unspecified atom stereocenters. The first-order valence-corrected chi connectivity index (χ1v) is 35.8. The van der Waals surface area contributed by atoms with Crippen LogP contribution in [0, 0.1) is 6.92 Å². The molecule has 16 nitrogen and oxygen atoms in total. The van der Waals surface area contributed by atoms with E-state index in [1.165, 1.54) is 107 Å². The van der Waals surface area contributed by atoms with E-state index in [0.717, 1.165) is 80.4 Å². The number of halogens is 4. The monoisotopic (exact) mass is 1400 g/mol. The number of nitrogens with two attached hydrogens (primary N) is 3. The van der Waals surface area contributed by atoms with Crippen molar-refractivity contribution >= 4 is 92.9 Å². The first-order valence-electron chi connectivity index (χ1n) is 29.2. The summed E-state index contributed by atoms with van der Waals surface area (Å²) in [6.07, 6.45) is 18.4. The van der Waals surface area contributed by atoms with Gasteiger partial charge in [-0.3, -0.25) is 9.59 Å². The van der Waals surface area contributed by atoms with E-state index in [0.29, 0.717) is 41.9 Å². The molecule has 1 aliphatic heterocycles. The van der Waals surface area contributed by atoms with E-state index in [4.69, 9.17) is 69.2 Å². The Kier molecular flexibility index (Phi) is 42.6. The molecule has 89 heavy (non-hydrogen) atoms. The Bertz CT molecular complexity index is 3320. The quantitative estimate of drug-likeness (QED) is 0.0123. The second-order valence-electron chi connectivity index (χ2n) is 20.0. The maximum absolute atomic E-state index is 12.6. The van der Waals surface area contributed by atoms with Gasteiger partial charge in [-0.25, -0.2) is 40.7 Å². The van der Waals surface area contributed by atoms with E-state index in [1.807, 2.05) is 24.3 Å². The maximum atomic E-state index is 12.6. The van der Waals surface area contributed by atoms with Crippen molar-refractivity contribution in [3.63, 3.8) is 0 Å². The zero-order valence-corrected chi connectivity index (χ0v) is 58.0. The van der Waals surface area contributed by atoms with E-state index in [9.17, 15) is 39.9 Å². The van der Waals surface area contributed by atoms with Crippen molar-refractivity contribution in [3.05, 3.63) is 182 Å². The van der Waals surface area contributed by atoms with Crippen LogP contribution < -0.4 is 48.5 Å². The van der Waals surface area contributed by atoms with E-state index in [2.05, 4.69) is 50.5 Å². The summed E-state index contributed by atoms with van der Waals surface area (Å²) in [5, 5.41) is 25.7. The van der Waals surface area contributed by atoms with Gasteiger partial charge in [0.1, 0.15) is 44.3 Å². The van der Waals surface area contributed by atoms with Crippen molar-refractivity contribution in [1.82, 2.24) is 0 Å². The van der Waals surface area contributed by atoms with Crippen LogP contribution >= 0.6 is 50.7 Å². The first kappa shape index (κ1) is 82.7. The van der Waals surface area contributed by atoms with Crippen LogP contribution in [0.1, 0.15) is 174 Å². The molecule has 0 aliphatic carbocycles. The fourth-order valence-corrected chi connectivity index (χ4v) is 11.1. The number of ketones is 1. The van der Waals surface area contributed by atoms with Gasteiger partial charge < -0.3 is 31.0 Å². The van der Waals surface area contributed by atoms with Gasteiger partial charge in [-0.15, -0.1) is 0 Å². The normalized spacial score (nSPS) is 12.0. The fraction of sp³-hybridized carbons (Fsp3) is 0.400. The Labute approximate surface area is 564 Å². The van der Waals surface area contributed by atoms with Gasteiger partial charge in [-0.2, -0.15) is 6.42 Å². The molecule has 6 aromatic rings. The van der Waals surface area contributed by atoms with Crippen LogP contribution in [0.3, 0.4) is 0 Å². The van der Waals surface area contributed by atoms with Crippen LogP contribution in [-0.4, -0.2) is 75.5 Å². The molecule has 1 aliphatic rings. The molecule has 0 aromatic heterocycles. The predicted octanol–water partition coefficient (Wildman–Crippen LogP) is 12.8. The van der Waals surface area contributed by atoms with Crippen molar-refractivity contribution in [2.24, 2.45) is 15.4 Å². The second kappa shape index (κ2) is 45.8. The second-order valence-corrected chi connectivity index (χ2v) is 26.7. The summed E-state index contributed by atoms with van der Waals surface area (Å²) in [5.74, 6) is 2.07. The molecule has 0 bridgehead atoms. The maximum Gasteiger partial charge on any atom is 1.00 e. The molecular formula is C65H86BrCl3LiN3O13S3. The first-order chi connectivity index (χ1) is 41.8. The third-order valence-corrected chi connectivity index (χ3v) is 17.3. The molecule has 7 N–H and O–H groups in total. The van der Waals surface area contributed by atoms with Crippen molar-refractivity contribution in [2.45, 2.75) is 151 Å². The largest absolute Gasteiger partial charge is 1.00 e. The summed E-state index contributed by atoms with van der Waals surface area (Å²) in [4.78, 5) is 22.2. The van der Waals surface area contributed by atoms with Crippen LogP contribution in [0.5, 0.6) is 17.2 Å². The summed E-state index contributed by atoms with van der Waals surface area (Å²) in [5.41, 5.74) is 1.85. The molecule has 0 spiro atoms. The summed E-state index contributed by atoms with van der Waals surface area (Å²) in [6, 6.07) is 33.9. The summed E-state index contributed by atoms with van der Waals surface area (Å²) in [6.45, 7) is 16.4. The van der Waals surface area contributed by atoms with Gasteiger partial charge in [0.05, 0.1) is 34.9 Å². The number of hydrogen-bond acceptors (Lipinski definition) is 13. The molecule has 1 heterocycles. The van der Waals surface area contributed by atoms with Gasteiger partial charge in [-0.05, 0) is 146 Å². The zero-order valence-electron chi connectivity index (χ0n) is 51.7. The number of ether oxygens (including phenoxy) is 4. The number of unbranched alkanes of at least 4 members (excludes halogenated alkanes) is 10. The third-order valence-electron chi connectivity index (χ3n) is 12.6. The molecule has 0 radical (unpaired) electrons. The number of benzene rings is 6. The number of aldehydes is 1. The van der Waals surface area contributed by atoms with Crippen LogP contribution in [-0.2, 0) is 34.8 Å². The predicted molar refractivity (Wildman–Crippen MR) is 358 cm³/mol. The number of primary sulfonamides is 3. The topological polar surface area (TPSA) is 272 Å². The number of hydrogen-bond donors (Lipinski definition) is 4. The minimum atomic E-state index is -4.00. The van der Waals surface area contributed by atoms with E-state index >= 15 is 0 Å². The third kappa shape index (κ3) is 34.2. The van der Waals surface area contributed by atoms with Gasteiger partial charge in [0.15, 0.2) is 5.78 Å². The number of aliphatic hydroxyl groups is 1. The van der Waals surface area contributed by atoms with Gasteiger partial charge in [0, 0.05) is 34.4 Å². The molecule has 0 saturated carbocycles. The molecule has 24 heteroatoms. The Hall–Kier alpha value is -4.34. The van der Waals surface area contributed by atoms with Gasteiger partial charge in [0.25, 0.3) is 0 Å². The van der Waals surface area contributed by atoms with Crippen molar-refractivity contribution in [1.29, 1.82) is 0 Å². The average Bonchev–Trinajstić information content (AvgIpc) is 2.52. The minimum absolute atomic E-state index is 0. The van der Waals surface area contributed by atoms with Crippen molar-refractivity contribution in [3.8, 4) is 17.2 Å². The summed E-state index contributed by atoms with van der Waals surface area (Å²) in [7, 11) is -11.8. The zero-order chi connectivity index (χ0) is 65.5. The number of carbonyl (C=O) groups is 2. The number of sulfonamides is 3. The summed E-state index contributed by atoms with van der Waals surface area (Å²) < 4.78 is 91.0.